The van der Waals surface area contributed by atoms with Crippen molar-refractivity contribution in [3.63, 3.8) is 0 Å². The van der Waals surface area contributed by atoms with E-state index in [0.717, 1.165) is 0 Å². The molecule has 0 aromatic heterocycles. The highest BCUT2D eigenvalue weighted by molar-refractivity contribution is 6.03. The van der Waals surface area contributed by atoms with Crippen LogP contribution in [0.4, 0.5) is 0 Å². The molecule has 3 N–H and O–H groups in total. The summed E-state index contributed by atoms with van der Waals surface area (Å²) in [6.07, 6.45) is 0. The molecule has 6 heteroatoms. The summed E-state index contributed by atoms with van der Waals surface area (Å²) >= 11 is 0. The number of benzene rings is 1. The third-order valence-electron chi connectivity index (χ3n) is 3.05. The van der Waals surface area contributed by atoms with Crippen LogP contribution >= 0.6 is 0 Å². The summed E-state index contributed by atoms with van der Waals surface area (Å²) in [5.74, 6) is -1.43. The molecule has 0 bridgehead atoms. The zero-order valence-electron chi connectivity index (χ0n) is 10.6. The van der Waals surface area contributed by atoms with Crippen LogP contribution in [0.2, 0.25) is 0 Å². The van der Waals surface area contributed by atoms with Crippen molar-refractivity contribution in [2.45, 2.75) is 12.5 Å². The van der Waals surface area contributed by atoms with Gasteiger partial charge in [0.2, 0.25) is 17.7 Å². The van der Waals surface area contributed by atoms with E-state index in [1.807, 2.05) is 6.07 Å². The molecule has 1 heterocycles. The number of nitrogens with one attached hydrogen (secondary N) is 1. The lowest BCUT2D eigenvalue weighted by atomic mass is 9.91. The molecule has 0 aliphatic carbocycles. The normalized spacial score (nSPS) is 18.7. The summed E-state index contributed by atoms with van der Waals surface area (Å²) in [5, 5.41) is 2.14. The quantitative estimate of drug-likeness (QED) is 0.692. The highest BCUT2D eigenvalue weighted by Gasteiger charge is 2.37. The average molecular weight is 261 g/mol. The van der Waals surface area contributed by atoms with Gasteiger partial charge in [0.05, 0.1) is 0 Å². The van der Waals surface area contributed by atoms with Crippen molar-refractivity contribution in [1.82, 2.24) is 10.2 Å². The van der Waals surface area contributed by atoms with E-state index in [2.05, 4.69) is 5.32 Å². The Kier molecular flexibility index (Phi) is 3.35. The zero-order valence-corrected chi connectivity index (χ0v) is 10.6. The van der Waals surface area contributed by atoms with E-state index in [-0.39, 0.29) is 13.1 Å². The number of imide groups is 1. The van der Waals surface area contributed by atoms with Crippen LogP contribution in [0.1, 0.15) is 12.5 Å². The van der Waals surface area contributed by atoms with Crippen molar-refractivity contribution < 1.29 is 14.4 Å². The van der Waals surface area contributed by atoms with Gasteiger partial charge in [-0.2, -0.15) is 0 Å². The summed E-state index contributed by atoms with van der Waals surface area (Å²) in [6.45, 7) is 1.27. The van der Waals surface area contributed by atoms with Gasteiger partial charge in [-0.25, -0.2) is 0 Å². The van der Waals surface area contributed by atoms with E-state index in [1.54, 1.807) is 31.2 Å². The van der Waals surface area contributed by atoms with Gasteiger partial charge in [-0.1, -0.05) is 30.3 Å². The first kappa shape index (κ1) is 13.2. The van der Waals surface area contributed by atoms with Crippen LogP contribution in [0, 0.1) is 0 Å². The van der Waals surface area contributed by atoms with Gasteiger partial charge in [0, 0.05) is 0 Å². The van der Waals surface area contributed by atoms with E-state index in [4.69, 9.17) is 5.73 Å². The molecule has 0 spiro atoms. The van der Waals surface area contributed by atoms with Crippen molar-refractivity contribution in [2.75, 3.05) is 13.1 Å². The molecule has 3 amide bonds. The molecule has 1 fully saturated rings. The summed E-state index contributed by atoms with van der Waals surface area (Å²) in [7, 11) is 0. The van der Waals surface area contributed by atoms with Crippen LogP contribution in [0.5, 0.6) is 0 Å². The van der Waals surface area contributed by atoms with Crippen LogP contribution in [0.25, 0.3) is 0 Å². The highest BCUT2D eigenvalue weighted by atomic mass is 16.2. The third kappa shape index (κ3) is 2.63. The molecule has 1 aromatic carbocycles. The minimum absolute atomic E-state index is 0.149. The molecule has 19 heavy (non-hydrogen) atoms. The summed E-state index contributed by atoms with van der Waals surface area (Å²) in [4.78, 5) is 36.1. The van der Waals surface area contributed by atoms with Crippen molar-refractivity contribution in [3.8, 4) is 0 Å². The van der Waals surface area contributed by atoms with Gasteiger partial charge in [-0.3, -0.25) is 19.7 Å². The Morgan fingerprint density at radius 2 is 1.74 bits per heavy atom. The number of piperazine rings is 1. The Balaban J connectivity index is 2.23. The third-order valence-corrected chi connectivity index (χ3v) is 3.05. The Morgan fingerprint density at radius 3 is 2.26 bits per heavy atom. The molecule has 1 saturated heterocycles. The molecule has 1 unspecified atom stereocenters. The first-order valence-electron chi connectivity index (χ1n) is 5.87. The fourth-order valence-electron chi connectivity index (χ4n) is 2.02. The molecule has 6 nitrogen and oxygen atoms in total. The smallest absolute Gasteiger partial charge is 0.247 e. The topological polar surface area (TPSA) is 92.5 Å². The minimum atomic E-state index is -1.26. The van der Waals surface area contributed by atoms with Gasteiger partial charge < -0.3 is 10.6 Å². The average Bonchev–Trinajstić information content (AvgIpc) is 2.37. The molecule has 100 valence electrons. The van der Waals surface area contributed by atoms with Gasteiger partial charge in [0.15, 0.2) is 0 Å². The molecular formula is C13H15N3O3. The van der Waals surface area contributed by atoms with Gasteiger partial charge in [-0.05, 0) is 12.5 Å². The molecule has 2 rings (SSSR count). The highest BCUT2D eigenvalue weighted by Crippen LogP contribution is 2.20. The number of carbonyl (C=O) groups is 3. The molecule has 0 saturated carbocycles. The Morgan fingerprint density at radius 1 is 1.21 bits per heavy atom. The number of carbonyl (C=O) groups excluding carboxylic acids is 3. The van der Waals surface area contributed by atoms with Gasteiger partial charge in [0.25, 0.3) is 0 Å². The standard InChI is InChI=1S/C13H15N3O3/c1-13(14,9-5-3-2-4-6-9)12(19)16-7-10(17)15-11(18)8-16/h2-6H,7-8,14H2,1H3,(H,15,17,18). The van der Waals surface area contributed by atoms with Crippen LogP contribution in [0.15, 0.2) is 30.3 Å². The number of rotatable bonds is 2. The van der Waals surface area contributed by atoms with Crippen LogP contribution in [-0.2, 0) is 19.9 Å². The molecule has 1 atom stereocenters. The molecule has 1 aliphatic rings. The first-order valence-corrected chi connectivity index (χ1v) is 5.87. The summed E-state index contributed by atoms with van der Waals surface area (Å²) < 4.78 is 0. The second kappa shape index (κ2) is 4.81. The van der Waals surface area contributed by atoms with E-state index in [1.165, 1.54) is 4.90 Å². The van der Waals surface area contributed by atoms with E-state index in [9.17, 15) is 14.4 Å². The number of hydrogen-bond donors (Lipinski definition) is 2. The lowest BCUT2D eigenvalue weighted by Crippen LogP contribution is -2.59. The molecule has 1 aliphatic heterocycles. The predicted molar refractivity (Wildman–Crippen MR) is 67.7 cm³/mol. The zero-order chi connectivity index (χ0) is 14.0. The lowest BCUT2D eigenvalue weighted by molar-refractivity contribution is -0.148. The Hall–Kier alpha value is -2.21. The van der Waals surface area contributed by atoms with Gasteiger partial charge in [0.1, 0.15) is 18.6 Å². The first-order chi connectivity index (χ1) is 8.91. The largest absolute Gasteiger partial charge is 0.322 e. The molecular weight excluding hydrogens is 246 g/mol. The van der Waals surface area contributed by atoms with Gasteiger partial charge >= 0.3 is 0 Å². The molecule has 0 radical (unpaired) electrons. The monoisotopic (exact) mass is 261 g/mol. The SMILES string of the molecule is CC(N)(C(=O)N1CC(=O)NC(=O)C1)c1ccccc1. The second-order valence-electron chi connectivity index (χ2n) is 4.70. The van der Waals surface area contributed by atoms with Gasteiger partial charge in [-0.15, -0.1) is 0 Å². The van der Waals surface area contributed by atoms with Crippen molar-refractivity contribution in [3.05, 3.63) is 35.9 Å². The van der Waals surface area contributed by atoms with E-state index >= 15 is 0 Å². The maximum Gasteiger partial charge on any atom is 0.247 e. The predicted octanol–water partition coefficient (Wildman–Crippen LogP) is -0.654. The van der Waals surface area contributed by atoms with Crippen LogP contribution in [0.3, 0.4) is 0 Å². The molecule has 1 aromatic rings. The number of hydrogen-bond acceptors (Lipinski definition) is 4. The van der Waals surface area contributed by atoms with Crippen LogP contribution in [-0.4, -0.2) is 35.7 Å². The lowest BCUT2D eigenvalue weighted by Gasteiger charge is -2.33. The summed E-state index contributed by atoms with van der Waals surface area (Å²) in [6, 6.07) is 8.86. The van der Waals surface area contributed by atoms with E-state index in [0.29, 0.717) is 5.56 Å². The Bertz CT molecular complexity index is 509. The number of nitrogens with two attached hydrogens (primary N) is 1. The fraction of sp³-hybridized carbons (Fsp3) is 0.308. The maximum absolute atomic E-state index is 12.4. The number of nitrogens with zero attached hydrogens (tertiary/aromatic N) is 1. The Labute approximate surface area is 110 Å². The van der Waals surface area contributed by atoms with Crippen molar-refractivity contribution >= 4 is 17.7 Å². The van der Waals surface area contributed by atoms with Crippen molar-refractivity contribution in [2.24, 2.45) is 5.73 Å². The van der Waals surface area contributed by atoms with Crippen LogP contribution < -0.4 is 11.1 Å². The minimum Gasteiger partial charge on any atom is -0.322 e. The number of amides is 3. The van der Waals surface area contributed by atoms with Crippen molar-refractivity contribution in [1.29, 1.82) is 0 Å². The fourth-order valence-corrected chi connectivity index (χ4v) is 2.02. The maximum atomic E-state index is 12.4. The van der Waals surface area contributed by atoms with E-state index < -0.39 is 23.3 Å². The second-order valence-corrected chi connectivity index (χ2v) is 4.70. The summed E-state index contributed by atoms with van der Waals surface area (Å²) in [5.41, 5.74) is 5.44.